The second kappa shape index (κ2) is 42.4. The Morgan fingerprint density at radius 3 is 1.44 bits per heavy atom. The van der Waals surface area contributed by atoms with Crippen LogP contribution in [0.4, 0.5) is 11.4 Å². The molecule has 19 aromatic rings. The van der Waals surface area contributed by atoms with Crippen LogP contribution in [0.3, 0.4) is 0 Å². The minimum absolute atomic E-state index is 0.0321. The number of nitrogens with zero attached hydrogens (tertiary/aromatic N) is 24. The number of piperidine rings is 4. The van der Waals surface area contributed by atoms with Crippen LogP contribution in [-0.2, 0) is 6.42 Å². The van der Waals surface area contributed by atoms with E-state index in [0.29, 0.717) is 86.0 Å². The number of thiazole rings is 1. The van der Waals surface area contributed by atoms with Crippen LogP contribution in [0.5, 0.6) is 11.5 Å². The minimum atomic E-state index is -0.109. The molecule has 6 aliphatic heterocycles. The lowest BCUT2D eigenvalue weighted by molar-refractivity contribution is 0.208. The van der Waals surface area contributed by atoms with E-state index in [1.54, 1.807) is 88.6 Å². The van der Waals surface area contributed by atoms with Gasteiger partial charge in [-0.1, -0.05) is 38.1 Å². The summed E-state index contributed by atoms with van der Waals surface area (Å²) >= 11 is 1.66. The Hall–Kier alpha value is -14.9. The lowest BCUT2D eigenvalue weighted by Gasteiger charge is -2.37. The Labute approximate surface area is 848 Å². The highest BCUT2D eigenvalue weighted by Crippen LogP contribution is 2.37. The molecule has 6 saturated heterocycles. The van der Waals surface area contributed by atoms with Gasteiger partial charge in [0, 0.05) is 154 Å². The molecular formula is C113H123N25O7S. The van der Waals surface area contributed by atoms with Crippen molar-refractivity contribution < 1.29 is 9.47 Å². The van der Waals surface area contributed by atoms with E-state index in [1.807, 2.05) is 189 Å². The van der Waals surface area contributed by atoms with E-state index >= 15 is 0 Å². The second-order valence-corrected chi connectivity index (χ2v) is 40.7. The molecule has 25 rings (SSSR count). The van der Waals surface area contributed by atoms with Gasteiger partial charge in [-0.3, -0.25) is 51.0 Å². The SMILES string of the molecule is CCc1cc(C2CCN(CC)CC2)cn2c(=O)cc(-c3ccc(OC)c(OC)c3)nc12.Cc1cn2cc(-c3cc(=O)n4cc(C5CCNCC5)ccc4n3)ccc2n1.Cc1cn2cc(-c3cc(=O)n4cc(N5CCC(N6CCCC6)CC5)ccc4n3)ccc2n1.Cc1cn2nc(-c3cc(=O)n4cc(N5CCN(C)CC5)ccc4n3)cc2cn1.Cc1nc2ccc(-c3cc(=O)n4cc(C5CCN(C)CC5)ccc4n3)cc2s1. The molecule has 1 N–H and O–H groups in total. The van der Waals surface area contributed by atoms with Crippen molar-refractivity contribution >= 4 is 78.0 Å². The maximum Gasteiger partial charge on any atom is 0.258 e. The number of imidazole rings is 2. The summed E-state index contributed by atoms with van der Waals surface area (Å²) in [5, 5.41) is 8.97. The number of aryl methyl sites for hydroxylation is 5. The van der Waals surface area contributed by atoms with Gasteiger partial charge in [-0.05, 0) is 308 Å². The maximum absolute atomic E-state index is 13.1. The number of likely N-dealkylation sites (N-methyl/N-ethyl adjacent to an activating group) is 1. The topological polar surface area (TPSA) is 299 Å². The molecule has 0 saturated carbocycles. The fraction of sp³-hybridized carbons (Fsp3) is 0.354. The number of benzene rings is 2. The molecule has 32 nitrogen and oxygen atoms in total. The van der Waals surface area contributed by atoms with Crippen molar-refractivity contribution in [2.75, 3.05) is 136 Å². The number of rotatable bonds is 15. The number of nitrogens with one attached hydrogen (secondary N) is 1. The van der Waals surface area contributed by atoms with Gasteiger partial charge in [0.15, 0.2) is 11.5 Å². The van der Waals surface area contributed by atoms with E-state index < -0.39 is 0 Å². The first kappa shape index (κ1) is 97.2. The second-order valence-electron chi connectivity index (χ2n) is 39.5. The first-order valence-corrected chi connectivity index (χ1v) is 51.9. The number of pyridine rings is 7. The van der Waals surface area contributed by atoms with Gasteiger partial charge in [0.05, 0.1) is 104 Å². The number of fused-ring (bicyclic) bond motifs is 9. The molecule has 2 aromatic carbocycles. The molecule has 0 aliphatic carbocycles. The van der Waals surface area contributed by atoms with Crippen molar-refractivity contribution in [3.8, 4) is 67.9 Å². The Morgan fingerprint density at radius 1 is 0.384 bits per heavy atom. The lowest BCUT2D eigenvalue weighted by atomic mass is 9.89. The molecule has 33 heteroatoms. The maximum atomic E-state index is 13.1. The number of hydrogen-bond donors (Lipinski definition) is 1. The van der Waals surface area contributed by atoms with Gasteiger partial charge in [0.2, 0.25) is 0 Å². The van der Waals surface area contributed by atoms with E-state index in [4.69, 9.17) is 29.4 Å². The van der Waals surface area contributed by atoms with E-state index in [-0.39, 0.29) is 27.8 Å². The van der Waals surface area contributed by atoms with E-state index in [0.717, 1.165) is 230 Å². The fourth-order valence-corrected chi connectivity index (χ4v) is 22.2. The van der Waals surface area contributed by atoms with Gasteiger partial charge < -0.3 is 53.0 Å². The Balaban J connectivity index is 0.000000107. The third-order valence-electron chi connectivity index (χ3n) is 29.7. The standard InChI is InChI=1S/C25H28N6O.C25H31N3O3.C22H22N4OS.C21H21N5O.C20H21N7O/c1-18-15-30-16-19(4-6-23(30)26-18)22-14-25(32)31-17-21(5-7-24(31)27-22)29-12-8-20(9-13-29)28-10-2-3-11-28;1-5-17-13-20(18-9-11-27(6-2)12-10-18)16-28-24(29)15-21(26-25(17)28)19-7-8-22(30-3)23(14-19)31-4;1-14-23-18-5-3-16(11-20(18)28-14)19-12-22(27)26-13-17(4-6-21(26)24-19)15-7-9-25(2)10-8-15;1-14-11-25-12-17(3-4-19(25)23-14)18-10-21(27)26-13-16(2-5-20(26)24-18)15-6-8-22-9-7-15;1-14-12-27-16(11-21-14)9-18(23-27)17-10-20(28)26-13-15(3-4-19(26)22-17)25-7-5-24(2)6-8-25/h4-7,14-17,20H,2-3,8-13H2,1H3;7-8,13-16,18H,5-6,9-12H2,1-4H3;3-6,11-13,15H,7-10H2,1-2H3;2-5,10-13,15,22H,6-9H2,1H3;3-4,9-13H,5-8H2,1-2H3. The summed E-state index contributed by atoms with van der Waals surface area (Å²) in [6, 6.07) is 48.6. The Kier molecular flexibility index (Phi) is 28.3. The highest BCUT2D eigenvalue weighted by atomic mass is 32.1. The van der Waals surface area contributed by atoms with Crippen molar-refractivity contribution in [2.45, 2.75) is 136 Å². The van der Waals surface area contributed by atoms with Crippen molar-refractivity contribution in [3.63, 3.8) is 0 Å². The van der Waals surface area contributed by atoms with Crippen LogP contribution in [0.25, 0.3) is 112 Å². The summed E-state index contributed by atoms with van der Waals surface area (Å²) in [5.74, 6) is 2.79. The third kappa shape index (κ3) is 21.1. The van der Waals surface area contributed by atoms with Crippen LogP contribution < -0.4 is 52.4 Å². The van der Waals surface area contributed by atoms with Crippen LogP contribution in [-0.4, -0.2) is 237 Å². The molecule has 0 atom stereocenters. The molecule has 748 valence electrons. The van der Waals surface area contributed by atoms with E-state index in [9.17, 15) is 24.0 Å². The van der Waals surface area contributed by atoms with Crippen LogP contribution in [0.15, 0.2) is 244 Å². The molecule has 23 heterocycles. The van der Waals surface area contributed by atoms with Gasteiger partial charge in [-0.15, -0.1) is 11.3 Å². The molecule has 0 radical (unpaired) electrons. The predicted octanol–water partition coefficient (Wildman–Crippen LogP) is 15.9. The van der Waals surface area contributed by atoms with E-state index in [1.165, 1.54) is 55.5 Å². The molecule has 6 fully saturated rings. The van der Waals surface area contributed by atoms with Crippen LogP contribution >= 0.6 is 11.3 Å². The summed E-state index contributed by atoms with van der Waals surface area (Å²) in [4.78, 5) is 120. The molecule has 0 amide bonds. The predicted molar refractivity (Wildman–Crippen MR) is 577 cm³/mol. The normalized spacial score (nSPS) is 16.2. The Morgan fingerprint density at radius 2 is 0.863 bits per heavy atom. The average Bonchev–Trinajstić information content (AvgIpc) is 1.48. The number of anilines is 2. The molecule has 146 heavy (non-hydrogen) atoms. The van der Waals surface area contributed by atoms with Crippen molar-refractivity contribution in [2.24, 2.45) is 0 Å². The highest BCUT2D eigenvalue weighted by Gasteiger charge is 2.30. The van der Waals surface area contributed by atoms with Crippen molar-refractivity contribution in [1.29, 1.82) is 0 Å². The summed E-state index contributed by atoms with van der Waals surface area (Å²) in [5.41, 5.74) is 24.0. The van der Waals surface area contributed by atoms with Gasteiger partial charge in [-0.2, -0.15) is 5.10 Å². The lowest BCUT2D eigenvalue weighted by Crippen LogP contribution is -2.44. The number of hydrogen-bond acceptors (Lipinski definition) is 25. The van der Waals surface area contributed by atoms with Crippen molar-refractivity contribution in [1.82, 2.24) is 110 Å². The summed E-state index contributed by atoms with van der Waals surface area (Å²) in [6.45, 7) is 28.4. The first-order valence-electron chi connectivity index (χ1n) is 51.1. The molecule has 0 unspecified atom stereocenters. The largest absolute Gasteiger partial charge is 0.493 e. The highest BCUT2D eigenvalue weighted by molar-refractivity contribution is 7.18. The number of piperazine rings is 1. The number of likely N-dealkylation sites (tertiary alicyclic amines) is 3. The third-order valence-corrected chi connectivity index (χ3v) is 30.6. The van der Waals surface area contributed by atoms with Crippen molar-refractivity contribution in [3.05, 3.63) is 316 Å². The first-order chi connectivity index (χ1) is 71.0. The molecule has 17 aromatic heterocycles. The quantitative estimate of drug-likeness (QED) is 0.0997. The van der Waals surface area contributed by atoms with E-state index in [2.05, 4.69) is 123 Å². The monoisotopic (exact) mass is 1970 g/mol. The summed E-state index contributed by atoms with van der Waals surface area (Å²) in [6.07, 6.45) is 34.0. The number of ether oxygens (including phenoxy) is 2. The molecular weight excluding hydrogens is 1850 g/mol. The van der Waals surface area contributed by atoms with Crippen LogP contribution in [0.1, 0.15) is 140 Å². The number of methoxy groups -OCH3 is 2. The molecule has 0 spiro atoms. The summed E-state index contributed by atoms with van der Waals surface area (Å²) in [7, 11) is 7.50. The number of aromatic nitrogens is 18. The molecule has 0 bridgehead atoms. The van der Waals surface area contributed by atoms with Gasteiger partial charge in [-0.25, -0.2) is 44.4 Å². The molecule has 6 aliphatic rings. The van der Waals surface area contributed by atoms with Crippen LogP contribution in [0, 0.1) is 27.7 Å². The zero-order valence-corrected chi connectivity index (χ0v) is 85.3. The van der Waals surface area contributed by atoms with Gasteiger partial charge in [0.1, 0.15) is 45.2 Å². The Bertz CT molecular complexity index is 8280. The zero-order valence-electron chi connectivity index (χ0n) is 84.5. The van der Waals surface area contributed by atoms with Gasteiger partial charge >= 0.3 is 0 Å². The van der Waals surface area contributed by atoms with Crippen LogP contribution in [0.2, 0.25) is 0 Å². The van der Waals surface area contributed by atoms with Gasteiger partial charge in [0.25, 0.3) is 27.8 Å². The average molecular weight is 1980 g/mol. The minimum Gasteiger partial charge on any atom is -0.493 e. The summed E-state index contributed by atoms with van der Waals surface area (Å²) < 4.78 is 25.9. The fourth-order valence-electron chi connectivity index (χ4n) is 21.4. The smallest absolute Gasteiger partial charge is 0.258 e. The zero-order chi connectivity index (χ0) is 100.